The summed E-state index contributed by atoms with van der Waals surface area (Å²) in [5.74, 6) is -1.49. The predicted molar refractivity (Wildman–Crippen MR) is 98.7 cm³/mol. The van der Waals surface area contributed by atoms with Gasteiger partial charge in [-0.05, 0) is 45.4 Å². The fourth-order valence-electron chi connectivity index (χ4n) is 3.75. The van der Waals surface area contributed by atoms with Crippen LogP contribution in [0.4, 0.5) is 4.79 Å². The Morgan fingerprint density at radius 3 is 2.70 bits per heavy atom. The van der Waals surface area contributed by atoms with E-state index in [0.29, 0.717) is 38.8 Å². The molecular weight excluding hydrogens is 370 g/mol. The molecular formula is C18H25N3O5S. The number of rotatable bonds is 5. The Balaban J connectivity index is 1.58. The minimum absolute atomic E-state index is 0.0146. The molecule has 1 aromatic rings. The second-order valence-corrected chi connectivity index (χ2v) is 7.87. The monoisotopic (exact) mass is 395 g/mol. The number of nitrogens with one attached hydrogen (secondary N) is 1. The number of aromatic nitrogens is 1. The highest BCUT2D eigenvalue weighted by molar-refractivity contribution is 7.09. The molecule has 1 aromatic heterocycles. The van der Waals surface area contributed by atoms with E-state index in [0.717, 1.165) is 17.8 Å². The van der Waals surface area contributed by atoms with Crippen LogP contribution >= 0.6 is 11.3 Å². The van der Waals surface area contributed by atoms with Crippen LogP contribution in [0.25, 0.3) is 0 Å². The summed E-state index contributed by atoms with van der Waals surface area (Å²) in [5.41, 5.74) is 0.288. The predicted octanol–water partition coefficient (Wildman–Crippen LogP) is 2.81. The lowest BCUT2D eigenvalue weighted by molar-refractivity contribution is -0.142. The third-order valence-electron chi connectivity index (χ3n) is 5.21. The average molecular weight is 395 g/mol. The van der Waals surface area contributed by atoms with Crippen LogP contribution in [0.15, 0.2) is 5.38 Å². The van der Waals surface area contributed by atoms with E-state index in [4.69, 9.17) is 9.84 Å². The Labute approximate surface area is 161 Å². The number of urea groups is 1. The third-order valence-corrected chi connectivity index (χ3v) is 6.16. The number of likely N-dealkylation sites (tertiary alicyclic amines) is 1. The normalized spacial score (nSPS) is 25.2. The van der Waals surface area contributed by atoms with Gasteiger partial charge in [-0.1, -0.05) is 0 Å². The van der Waals surface area contributed by atoms with Gasteiger partial charge >= 0.3 is 18.0 Å². The SMILES string of the molecule is CCOC(=O)c1csc(C2CCCN2C(=O)NC2CCC(C(=O)O)CC2)n1. The zero-order chi connectivity index (χ0) is 19.4. The number of carbonyl (C=O) groups is 3. The number of hydrogen-bond acceptors (Lipinski definition) is 6. The summed E-state index contributed by atoms with van der Waals surface area (Å²) in [6.45, 7) is 2.70. The van der Waals surface area contributed by atoms with Gasteiger partial charge in [-0.3, -0.25) is 4.79 Å². The van der Waals surface area contributed by atoms with E-state index in [1.807, 2.05) is 0 Å². The number of amides is 2. The maximum absolute atomic E-state index is 12.7. The van der Waals surface area contributed by atoms with E-state index in [1.165, 1.54) is 11.3 Å². The first-order valence-corrected chi connectivity index (χ1v) is 10.3. The molecule has 1 saturated carbocycles. The Morgan fingerprint density at radius 2 is 2.04 bits per heavy atom. The Morgan fingerprint density at radius 1 is 1.30 bits per heavy atom. The second-order valence-electron chi connectivity index (χ2n) is 6.98. The number of carbonyl (C=O) groups excluding carboxylic acids is 2. The number of carboxylic acids is 1. The first kappa shape index (κ1) is 19.6. The van der Waals surface area contributed by atoms with Gasteiger partial charge in [-0.2, -0.15) is 0 Å². The van der Waals surface area contributed by atoms with Crippen LogP contribution in [-0.2, 0) is 9.53 Å². The maximum atomic E-state index is 12.7. The molecule has 1 unspecified atom stereocenters. The van der Waals surface area contributed by atoms with Gasteiger partial charge in [-0.25, -0.2) is 14.6 Å². The van der Waals surface area contributed by atoms with Gasteiger partial charge in [0.2, 0.25) is 0 Å². The van der Waals surface area contributed by atoms with Crippen LogP contribution < -0.4 is 5.32 Å². The molecule has 0 aromatic carbocycles. The van der Waals surface area contributed by atoms with E-state index in [9.17, 15) is 14.4 Å². The van der Waals surface area contributed by atoms with Crippen molar-refractivity contribution >= 4 is 29.3 Å². The molecule has 9 heteroatoms. The number of ether oxygens (including phenoxy) is 1. The highest BCUT2D eigenvalue weighted by Gasteiger charge is 2.34. The standard InChI is InChI=1S/C18H25N3O5S/c1-2-26-17(24)13-10-27-15(20-13)14-4-3-9-21(14)18(25)19-12-7-5-11(6-8-12)16(22)23/h10-12,14H,2-9H2,1H3,(H,19,25)(H,22,23). The van der Waals surface area contributed by atoms with Crippen molar-refractivity contribution in [3.63, 3.8) is 0 Å². The van der Waals surface area contributed by atoms with Crippen LogP contribution in [0.5, 0.6) is 0 Å². The number of aliphatic carboxylic acids is 1. The molecule has 0 radical (unpaired) electrons. The van der Waals surface area contributed by atoms with Crippen molar-refractivity contribution in [1.29, 1.82) is 0 Å². The van der Waals surface area contributed by atoms with Crippen molar-refractivity contribution in [2.24, 2.45) is 5.92 Å². The molecule has 2 amide bonds. The molecule has 1 atom stereocenters. The van der Waals surface area contributed by atoms with Crippen molar-refractivity contribution in [3.05, 3.63) is 16.1 Å². The Hall–Kier alpha value is -2.16. The summed E-state index contributed by atoms with van der Waals surface area (Å²) in [5, 5.41) is 14.6. The molecule has 2 fully saturated rings. The fourth-order valence-corrected chi connectivity index (χ4v) is 4.68. The Kier molecular flexibility index (Phi) is 6.30. The summed E-state index contributed by atoms with van der Waals surface area (Å²) in [6.07, 6.45) is 4.27. The van der Waals surface area contributed by atoms with Crippen LogP contribution in [-0.4, -0.2) is 52.2 Å². The van der Waals surface area contributed by atoms with Gasteiger partial charge in [0.15, 0.2) is 5.69 Å². The fraction of sp³-hybridized carbons (Fsp3) is 0.667. The quantitative estimate of drug-likeness (QED) is 0.742. The summed E-state index contributed by atoms with van der Waals surface area (Å²) < 4.78 is 4.97. The molecule has 148 valence electrons. The van der Waals surface area contributed by atoms with Gasteiger partial charge < -0.3 is 20.1 Å². The zero-order valence-electron chi connectivity index (χ0n) is 15.3. The lowest BCUT2D eigenvalue weighted by Crippen LogP contribution is -2.46. The number of thiazole rings is 1. The van der Waals surface area contributed by atoms with E-state index < -0.39 is 11.9 Å². The van der Waals surface area contributed by atoms with Crippen LogP contribution in [0.3, 0.4) is 0 Å². The van der Waals surface area contributed by atoms with Gasteiger partial charge in [0.05, 0.1) is 18.6 Å². The molecule has 27 heavy (non-hydrogen) atoms. The minimum atomic E-state index is -0.749. The largest absolute Gasteiger partial charge is 0.481 e. The topological polar surface area (TPSA) is 109 Å². The van der Waals surface area contributed by atoms with Gasteiger partial charge in [-0.15, -0.1) is 11.3 Å². The second kappa shape index (κ2) is 8.69. The van der Waals surface area contributed by atoms with Crippen LogP contribution in [0.1, 0.15) is 67.0 Å². The van der Waals surface area contributed by atoms with Crippen molar-refractivity contribution in [2.45, 2.75) is 57.5 Å². The first-order valence-electron chi connectivity index (χ1n) is 9.42. The van der Waals surface area contributed by atoms with Gasteiger partial charge in [0.25, 0.3) is 0 Å². The van der Waals surface area contributed by atoms with Crippen LogP contribution in [0, 0.1) is 5.92 Å². The number of nitrogens with zero attached hydrogens (tertiary/aromatic N) is 2. The van der Waals surface area contributed by atoms with Crippen molar-refractivity contribution in [3.8, 4) is 0 Å². The molecule has 0 bridgehead atoms. The number of carboxylic acid groups (broad SMARTS) is 1. The van der Waals surface area contributed by atoms with Crippen molar-refractivity contribution < 1.29 is 24.2 Å². The molecule has 2 heterocycles. The molecule has 1 aliphatic heterocycles. The van der Waals surface area contributed by atoms with E-state index in [2.05, 4.69) is 10.3 Å². The summed E-state index contributed by atoms with van der Waals surface area (Å²) in [6, 6.07) is -0.251. The Bertz CT molecular complexity index is 699. The number of hydrogen-bond donors (Lipinski definition) is 2. The molecule has 1 aliphatic carbocycles. The molecule has 3 rings (SSSR count). The van der Waals surface area contributed by atoms with E-state index >= 15 is 0 Å². The minimum Gasteiger partial charge on any atom is -0.481 e. The van der Waals surface area contributed by atoms with Crippen molar-refractivity contribution in [2.75, 3.05) is 13.2 Å². The lowest BCUT2D eigenvalue weighted by Gasteiger charge is -2.30. The average Bonchev–Trinajstić information content (AvgIpc) is 3.31. The number of esters is 1. The smallest absolute Gasteiger partial charge is 0.357 e. The zero-order valence-corrected chi connectivity index (χ0v) is 16.2. The molecule has 8 nitrogen and oxygen atoms in total. The van der Waals surface area contributed by atoms with Gasteiger partial charge in [0.1, 0.15) is 5.01 Å². The highest BCUT2D eigenvalue weighted by Crippen LogP contribution is 2.34. The maximum Gasteiger partial charge on any atom is 0.357 e. The summed E-state index contributed by atoms with van der Waals surface area (Å²) in [4.78, 5) is 41.8. The molecule has 2 aliphatic rings. The van der Waals surface area contributed by atoms with Gasteiger partial charge in [0, 0.05) is 18.0 Å². The molecule has 0 spiro atoms. The van der Waals surface area contributed by atoms with E-state index in [-0.39, 0.29) is 29.7 Å². The summed E-state index contributed by atoms with van der Waals surface area (Å²) >= 11 is 1.37. The van der Waals surface area contributed by atoms with Crippen LogP contribution in [0.2, 0.25) is 0 Å². The van der Waals surface area contributed by atoms with Crippen molar-refractivity contribution in [1.82, 2.24) is 15.2 Å². The highest BCUT2D eigenvalue weighted by atomic mass is 32.1. The third kappa shape index (κ3) is 4.58. The van der Waals surface area contributed by atoms with E-state index in [1.54, 1.807) is 17.2 Å². The molecule has 1 saturated heterocycles. The summed E-state index contributed by atoms with van der Waals surface area (Å²) in [7, 11) is 0. The molecule has 2 N–H and O–H groups in total. The lowest BCUT2D eigenvalue weighted by atomic mass is 9.86. The first-order chi connectivity index (χ1) is 13.0.